The van der Waals surface area contributed by atoms with Crippen LogP contribution >= 0.6 is 103 Å². The molecular formula is C72H71Cl5F5N21S4. The lowest BCUT2D eigenvalue weighted by Crippen LogP contribution is -2.38. The molecule has 12 aromatic rings. The molecular weight excluding hydrogens is 1560 g/mol. The molecule has 21 nitrogen and oxygen atoms in total. The Morgan fingerprint density at radius 1 is 0.477 bits per heavy atom. The van der Waals surface area contributed by atoms with Crippen molar-refractivity contribution in [2.45, 2.75) is 121 Å². The molecule has 0 amide bonds. The van der Waals surface area contributed by atoms with Gasteiger partial charge in [-0.15, -0.1) is 11.3 Å². The van der Waals surface area contributed by atoms with E-state index in [9.17, 15) is 22.0 Å². The van der Waals surface area contributed by atoms with Crippen molar-refractivity contribution >= 4 is 168 Å². The zero-order chi connectivity index (χ0) is 99.6. The predicted molar refractivity (Wildman–Crippen MR) is 418 cm³/mol. The monoisotopic (exact) mass is 1660 g/mol. The highest BCUT2D eigenvalue weighted by atomic mass is 35.5. The Kier molecular flexibility index (Phi) is 16.8. The minimum absolute atomic E-state index is 0.00741. The number of halogens is 10. The van der Waals surface area contributed by atoms with Gasteiger partial charge in [0.25, 0.3) is 0 Å². The third-order valence-electron chi connectivity index (χ3n) is 15.2. The number of hydrogen-bond donors (Lipinski definition) is 4. The Balaban J connectivity index is 0.000000152. The fourth-order valence-corrected chi connectivity index (χ4v) is 14.3. The Bertz CT molecular complexity index is 6300. The molecule has 0 bridgehead atoms. The summed E-state index contributed by atoms with van der Waals surface area (Å²) in [6.07, 6.45) is -16.2. The van der Waals surface area contributed by atoms with Gasteiger partial charge in [0.1, 0.15) is 94.9 Å². The van der Waals surface area contributed by atoms with Crippen LogP contribution in [0.2, 0.25) is 29.1 Å². The molecule has 558 valence electrons. The molecule has 4 fully saturated rings. The van der Waals surface area contributed by atoms with Crippen LogP contribution < -0.4 is 21.2 Å². The molecule has 4 aliphatic heterocycles. The predicted octanol–water partition coefficient (Wildman–Crippen LogP) is 17.6. The first kappa shape index (κ1) is 49.5. The van der Waals surface area contributed by atoms with E-state index in [0.717, 1.165) is 96.7 Å². The second-order valence-corrected chi connectivity index (χ2v) is 29.5. The van der Waals surface area contributed by atoms with Gasteiger partial charge in [-0.1, -0.05) is 130 Å². The zero-order valence-electron chi connectivity index (χ0n) is 83.2. The summed E-state index contributed by atoms with van der Waals surface area (Å²) in [6, 6.07) is 5.77. The van der Waals surface area contributed by atoms with Crippen molar-refractivity contribution in [1.82, 2.24) is 79.4 Å². The van der Waals surface area contributed by atoms with Gasteiger partial charge < -0.3 is 21.2 Å². The minimum atomic E-state index is -2.89. The summed E-state index contributed by atoms with van der Waals surface area (Å²) >= 11 is 33.2. The highest BCUT2D eigenvalue weighted by Gasteiger charge is 2.27. The molecule has 4 aromatic carbocycles. The zero-order valence-corrected chi connectivity index (χ0v) is 62.2. The van der Waals surface area contributed by atoms with E-state index in [1.807, 2.05) is 4.90 Å². The van der Waals surface area contributed by atoms with Crippen molar-refractivity contribution in [3.8, 4) is 6.07 Å². The summed E-state index contributed by atoms with van der Waals surface area (Å²) < 4.78 is 307. The fraction of sp³-hybridized carbons (Fsp3) is 0.375. The number of piperidine rings is 4. The van der Waals surface area contributed by atoms with Gasteiger partial charge in [0, 0.05) is 132 Å². The van der Waals surface area contributed by atoms with Crippen LogP contribution in [-0.4, -0.2) is 156 Å². The van der Waals surface area contributed by atoms with E-state index >= 15 is 0 Å². The Morgan fingerprint density at radius 2 is 0.832 bits per heavy atom. The number of nitrogens with zero attached hydrogens (tertiary/aromatic N) is 17. The van der Waals surface area contributed by atoms with Crippen LogP contribution in [0.15, 0.2) is 98.0 Å². The summed E-state index contributed by atoms with van der Waals surface area (Å²) in [5.41, 5.74) is 0.946. The molecule has 0 radical (unpaired) electrons. The normalized spacial score (nSPS) is 25.2. The summed E-state index contributed by atoms with van der Waals surface area (Å²) in [5, 5.41) is 11.2. The SMILES string of the molecule is [2H]C(c1ccc(F)c(C#N)c1)N1CC([2H])([2H])C([2H])(N([2H])c2ncnc3nc(Cl)sc23)C([2H])([2H])C1.[2H]c1nc(N([2H])C2([2H])C([2H])([2H])CN(C([2H])c3ccc(F)c(Cl)c3)CC2([2H])[2H])c2sc(Cl)nc2n1.[2H]c1nc(N([2H])C2([2H])C([2H])([2H])CN(C([2H])c3ccc(F)c(F)c3)CC2([2H])[2H])c2sc(Cl)nc2n1.[2H]c1nc(N([2H])C2([2H])CCN(C([2H])c3ccc(F)c(Cl)c3)CC2)c2sc(C([2H])(C)C)nc2n1. The van der Waals surface area contributed by atoms with Crippen molar-refractivity contribution in [1.29, 1.82) is 5.26 Å². The summed E-state index contributed by atoms with van der Waals surface area (Å²) in [5.74, 6) is -6.14. The topological polar surface area (TPSA) is 240 Å². The van der Waals surface area contributed by atoms with Crippen LogP contribution in [0, 0.1) is 40.4 Å². The Labute approximate surface area is 694 Å². The van der Waals surface area contributed by atoms with Crippen LogP contribution in [0.4, 0.5) is 45.2 Å². The highest BCUT2D eigenvalue weighted by Crippen LogP contribution is 2.36. The third kappa shape index (κ3) is 20.7. The van der Waals surface area contributed by atoms with Crippen LogP contribution in [-0.2, 0) is 26.1 Å². The second kappa shape index (κ2) is 36.3. The molecule has 0 aliphatic carbocycles. The lowest BCUT2D eigenvalue weighted by atomic mass is 10.0. The van der Waals surface area contributed by atoms with Gasteiger partial charge >= 0.3 is 0 Å². The second-order valence-electron chi connectivity index (χ2n) is 22.9. The van der Waals surface area contributed by atoms with Crippen LogP contribution in [0.5, 0.6) is 0 Å². The van der Waals surface area contributed by atoms with Crippen molar-refractivity contribution in [2.75, 3.05) is 73.6 Å². The number of likely N-dealkylation sites (tertiary alicyclic amines) is 4. The maximum absolute atomic E-state index is 13.7. The summed E-state index contributed by atoms with van der Waals surface area (Å²) in [4.78, 5) is 52.6. The molecule has 4 atom stereocenters. The lowest BCUT2D eigenvalue weighted by Gasteiger charge is -2.32. The van der Waals surface area contributed by atoms with E-state index in [2.05, 4.69) is 59.8 Å². The number of anilines is 4. The molecule has 107 heavy (non-hydrogen) atoms. The number of nitriles is 1. The van der Waals surface area contributed by atoms with E-state index in [1.165, 1.54) is 47.7 Å². The smallest absolute Gasteiger partial charge is 0.186 e. The molecule has 8 aromatic heterocycles. The Morgan fingerprint density at radius 3 is 1.24 bits per heavy atom. The van der Waals surface area contributed by atoms with Gasteiger partial charge in [-0.3, -0.25) is 19.6 Å². The number of rotatable bonds is 17. The maximum Gasteiger partial charge on any atom is 0.186 e. The summed E-state index contributed by atoms with van der Waals surface area (Å²) in [6.45, 7) is -4.45. The molecule has 35 heteroatoms. The van der Waals surface area contributed by atoms with Gasteiger partial charge in [-0.05, 0) is 122 Å². The molecule has 0 spiro atoms. The van der Waals surface area contributed by atoms with Crippen LogP contribution in [0.1, 0.15) is 137 Å². The first-order valence-electron chi connectivity index (χ1n) is 45.6. The van der Waals surface area contributed by atoms with E-state index in [-0.39, 0.29) is 124 Å². The highest BCUT2D eigenvalue weighted by molar-refractivity contribution is 7.23. The number of benzene rings is 4. The number of aromatic nitrogens is 12. The van der Waals surface area contributed by atoms with Crippen molar-refractivity contribution < 1.29 is 60.5 Å². The van der Waals surface area contributed by atoms with E-state index in [1.54, 1.807) is 19.9 Å². The Hall–Kier alpha value is -7.61. The number of nitrogens with one attached hydrogen (secondary N) is 4. The first-order valence-corrected chi connectivity index (χ1v) is 36.6. The van der Waals surface area contributed by atoms with Gasteiger partial charge in [0.05, 0.1) is 26.1 Å². The average Bonchev–Trinajstić information content (AvgIpc) is 1.40. The third-order valence-corrected chi connectivity index (χ3v) is 20.4. The number of hydrogen-bond acceptors (Lipinski definition) is 25. The molecule has 0 saturated carbocycles. The van der Waals surface area contributed by atoms with Gasteiger partial charge in [0.15, 0.2) is 53.3 Å². The molecule has 4 unspecified atom stereocenters. The van der Waals surface area contributed by atoms with Gasteiger partial charge in [-0.25, -0.2) is 81.8 Å². The summed E-state index contributed by atoms with van der Waals surface area (Å²) in [7, 11) is 0. The fourth-order valence-electron chi connectivity index (χ4n) is 10.0. The van der Waals surface area contributed by atoms with E-state index in [4.69, 9.17) is 102 Å². The van der Waals surface area contributed by atoms with Crippen molar-refractivity contribution in [2.24, 2.45) is 0 Å². The quantitative estimate of drug-likeness (QED) is 0.0620. The van der Waals surface area contributed by atoms with Crippen LogP contribution in [0.3, 0.4) is 0 Å². The molecule has 12 heterocycles. The number of fused-ring (bicyclic) bond motifs is 4. The largest absolute Gasteiger partial charge is 0.366 e. The van der Waals surface area contributed by atoms with Crippen molar-refractivity contribution in [3.63, 3.8) is 0 Å². The molecule has 4 saturated heterocycles. The van der Waals surface area contributed by atoms with E-state index < -0.39 is 181 Å². The van der Waals surface area contributed by atoms with Gasteiger partial charge in [0.2, 0.25) is 0 Å². The van der Waals surface area contributed by atoms with E-state index in [0.29, 0.717) is 39.0 Å². The van der Waals surface area contributed by atoms with Gasteiger partial charge in [-0.2, -0.15) is 5.26 Å². The molecule has 4 aliphatic rings. The average molecular weight is 1660 g/mol. The standard InChI is InChI=1S/C20H23ClFN5S.C18H16ClFN6S.C17H16Cl2FN5S.C17H16ClF2N5S/c1-12(2)20-26-19-17(28-20)18(23-11-24-19)25-14-5-7-27(8-6-14)10-13-3-4-16(22)15(21)9-13;19-18-25-17-15(27-18)16(22-10-23-17)24-13-3-5-26(6-4-13)9-11-1-2-14(20)12(7-11)8-21;18-12-7-10(1-2-13(12)20)8-25-5-3-11(4-6-25)23-15-14-16(22-9-21-15)24-17(19)26-14;18-17-24-16-14(26-17)15(21-9-22-16)23-11-3-5-25(6-4-11)8-10-1-2-12(19)13(20)7-10/h3-4,9,11-12,14H,5-8,10H2,1-2H3,(H,23,24,25);1-2,7,10,13H,3-6,9H2,(H,22,23,24);2*1-2,7,9,11H,3-6,8H2,(H,21,22,23)/i10D,11D,12D,14D;3D2,4D2,9D,13D;2*3D2,4D2,8D,9D,11D/hD4. The maximum atomic E-state index is 13.7. The number of thiazole rings is 4. The minimum Gasteiger partial charge on any atom is -0.366 e. The van der Waals surface area contributed by atoms with Crippen LogP contribution in [0.25, 0.3) is 41.4 Å². The molecule has 16 rings (SSSR count). The van der Waals surface area contributed by atoms with Crippen molar-refractivity contribution in [3.05, 3.63) is 183 Å². The lowest BCUT2D eigenvalue weighted by molar-refractivity contribution is 0.211. The molecule has 4 N–H and O–H groups in total. The first-order chi connectivity index (χ1) is 62.6.